The molecule has 1 aromatic rings. The molecule has 0 aliphatic carbocycles. The topological polar surface area (TPSA) is 45.2 Å². The van der Waals surface area contributed by atoms with Crippen molar-refractivity contribution in [3.63, 3.8) is 0 Å². The van der Waals surface area contributed by atoms with Gasteiger partial charge in [0.05, 0.1) is 6.04 Å². The summed E-state index contributed by atoms with van der Waals surface area (Å²) < 4.78 is 0. The number of likely N-dealkylation sites (N-methyl/N-ethyl adjacent to an activating group) is 1. The zero-order valence-corrected chi connectivity index (χ0v) is 10.4. The third-order valence-corrected chi connectivity index (χ3v) is 3.25. The summed E-state index contributed by atoms with van der Waals surface area (Å²) in [5, 5.41) is 3.22. The lowest BCUT2D eigenvalue weighted by atomic mass is 10.1. The van der Waals surface area contributed by atoms with Crippen LogP contribution in [0.2, 0.25) is 0 Å². The average molecular weight is 233 g/mol. The van der Waals surface area contributed by atoms with Gasteiger partial charge in [0.15, 0.2) is 0 Å². The van der Waals surface area contributed by atoms with E-state index in [1.54, 1.807) is 6.20 Å². The zero-order chi connectivity index (χ0) is 12.3. The van der Waals surface area contributed by atoms with E-state index in [2.05, 4.69) is 10.3 Å². The Balaban J connectivity index is 2.02. The van der Waals surface area contributed by atoms with Gasteiger partial charge in [0, 0.05) is 25.5 Å². The number of amides is 1. The molecule has 0 saturated carbocycles. The fraction of sp³-hybridized carbons (Fsp3) is 0.538. The van der Waals surface area contributed by atoms with Crippen molar-refractivity contribution in [2.45, 2.75) is 32.9 Å². The summed E-state index contributed by atoms with van der Waals surface area (Å²) in [6.07, 6.45) is 4.54. The standard InChI is InChI=1S/C13H19N3O/c1-3-15-12-5-7-16(13(12)17)9-11-4-6-14-8-10(11)2/h4,6,8,12,15H,3,5,7,9H2,1-2H3. The van der Waals surface area contributed by atoms with E-state index in [-0.39, 0.29) is 11.9 Å². The van der Waals surface area contributed by atoms with Crippen molar-refractivity contribution in [1.29, 1.82) is 0 Å². The van der Waals surface area contributed by atoms with Gasteiger partial charge in [-0.2, -0.15) is 0 Å². The van der Waals surface area contributed by atoms with Crippen LogP contribution in [0.15, 0.2) is 18.5 Å². The lowest BCUT2D eigenvalue weighted by Gasteiger charge is -2.18. The predicted octanol–water partition coefficient (Wildman–Crippen LogP) is 1.10. The molecule has 1 fully saturated rings. The summed E-state index contributed by atoms with van der Waals surface area (Å²) in [7, 11) is 0. The highest BCUT2D eigenvalue weighted by Gasteiger charge is 2.30. The zero-order valence-electron chi connectivity index (χ0n) is 10.4. The van der Waals surface area contributed by atoms with Crippen molar-refractivity contribution in [3.05, 3.63) is 29.6 Å². The normalized spacial score (nSPS) is 20.0. The SMILES string of the molecule is CCNC1CCN(Cc2ccncc2C)C1=O. The van der Waals surface area contributed by atoms with E-state index >= 15 is 0 Å². The van der Waals surface area contributed by atoms with E-state index in [0.717, 1.165) is 25.1 Å². The minimum Gasteiger partial charge on any atom is -0.337 e. The van der Waals surface area contributed by atoms with Crippen LogP contribution in [-0.2, 0) is 11.3 Å². The van der Waals surface area contributed by atoms with Crippen molar-refractivity contribution in [2.75, 3.05) is 13.1 Å². The maximum absolute atomic E-state index is 12.1. The number of carbonyl (C=O) groups excluding carboxylic acids is 1. The Bertz CT molecular complexity index is 405. The molecule has 1 unspecified atom stereocenters. The minimum atomic E-state index is 0.0159. The third kappa shape index (κ3) is 2.64. The van der Waals surface area contributed by atoms with Crippen LogP contribution >= 0.6 is 0 Å². The summed E-state index contributed by atoms with van der Waals surface area (Å²) in [6.45, 7) is 6.46. The van der Waals surface area contributed by atoms with Gasteiger partial charge in [-0.15, -0.1) is 0 Å². The summed E-state index contributed by atoms with van der Waals surface area (Å²) in [6, 6.07) is 2.01. The molecule has 2 heterocycles. The molecule has 92 valence electrons. The van der Waals surface area contributed by atoms with Crippen molar-refractivity contribution in [1.82, 2.24) is 15.2 Å². The molecular formula is C13H19N3O. The Kier molecular flexibility index (Phi) is 3.74. The van der Waals surface area contributed by atoms with Gasteiger partial charge in [-0.05, 0) is 37.1 Å². The molecule has 1 amide bonds. The fourth-order valence-corrected chi connectivity index (χ4v) is 2.22. The monoisotopic (exact) mass is 233 g/mol. The highest BCUT2D eigenvalue weighted by molar-refractivity contribution is 5.83. The van der Waals surface area contributed by atoms with Crippen molar-refractivity contribution < 1.29 is 4.79 Å². The molecule has 1 saturated heterocycles. The molecule has 1 aliphatic heterocycles. The van der Waals surface area contributed by atoms with Crippen LogP contribution < -0.4 is 5.32 Å². The number of pyridine rings is 1. The van der Waals surface area contributed by atoms with Crippen molar-refractivity contribution >= 4 is 5.91 Å². The fourth-order valence-electron chi connectivity index (χ4n) is 2.22. The third-order valence-electron chi connectivity index (χ3n) is 3.25. The largest absolute Gasteiger partial charge is 0.337 e. The van der Waals surface area contributed by atoms with Crippen LogP contribution in [0.25, 0.3) is 0 Å². The number of aromatic nitrogens is 1. The van der Waals surface area contributed by atoms with Crippen LogP contribution in [-0.4, -0.2) is 34.9 Å². The second-order valence-electron chi connectivity index (χ2n) is 4.46. The van der Waals surface area contributed by atoms with E-state index < -0.39 is 0 Å². The maximum Gasteiger partial charge on any atom is 0.240 e. The second kappa shape index (κ2) is 5.27. The number of nitrogens with one attached hydrogen (secondary N) is 1. The maximum atomic E-state index is 12.1. The Morgan fingerprint density at radius 3 is 3.12 bits per heavy atom. The lowest BCUT2D eigenvalue weighted by molar-refractivity contribution is -0.129. The Hall–Kier alpha value is -1.42. The van der Waals surface area contributed by atoms with Crippen molar-refractivity contribution in [2.24, 2.45) is 0 Å². The minimum absolute atomic E-state index is 0.0159. The molecule has 0 spiro atoms. The highest BCUT2D eigenvalue weighted by Crippen LogP contribution is 2.16. The van der Waals surface area contributed by atoms with Gasteiger partial charge >= 0.3 is 0 Å². The number of aryl methyl sites for hydroxylation is 1. The summed E-state index contributed by atoms with van der Waals surface area (Å²) in [5.41, 5.74) is 2.33. The predicted molar refractivity (Wildman–Crippen MR) is 66.5 cm³/mol. The van der Waals surface area contributed by atoms with Crippen LogP contribution in [0.5, 0.6) is 0 Å². The first kappa shape index (κ1) is 12.0. The van der Waals surface area contributed by atoms with E-state index in [9.17, 15) is 4.79 Å². The number of hydrogen-bond donors (Lipinski definition) is 1. The van der Waals surface area contributed by atoms with Gasteiger partial charge in [0.1, 0.15) is 0 Å². The van der Waals surface area contributed by atoms with Gasteiger partial charge in [-0.3, -0.25) is 9.78 Å². The molecule has 4 nitrogen and oxygen atoms in total. The molecule has 0 radical (unpaired) electrons. The van der Waals surface area contributed by atoms with E-state index in [1.807, 2.05) is 31.0 Å². The molecular weight excluding hydrogens is 214 g/mol. The first-order chi connectivity index (χ1) is 8.22. The number of likely N-dealkylation sites (tertiary alicyclic amines) is 1. The van der Waals surface area contributed by atoms with Crippen molar-refractivity contribution in [3.8, 4) is 0 Å². The number of nitrogens with zero attached hydrogens (tertiary/aromatic N) is 2. The molecule has 1 atom stereocenters. The van der Waals surface area contributed by atoms with E-state index in [0.29, 0.717) is 6.54 Å². The van der Waals surface area contributed by atoms with Gasteiger partial charge < -0.3 is 10.2 Å². The van der Waals surface area contributed by atoms with Crippen LogP contribution in [0.4, 0.5) is 0 Å². The average Bonchev–Trinajstić information content (AvgIpc) is 2.65. The number of rotatable bonds is 4. The van der Waals surface area contributed by atoms with Gasteiger partial charge in [0.2, 0.25) is 5.91 Å². The van der Waals surface area contributed by atoms with E-state index in [4.69, 9.17) is 0 Å². The van der Waals surface area contributed by atoms with Gasteiger partial charge in [-0.1, -0.05) is 6.92 Å². The Morgan fingerprint density at radius 1 is 1.59 bits per heavy atom. The van der Waals surface area contributed by atoms with Crippen LogP contribution in [0, 0.1) is 6.92 Å². The van der Waals surface area contributed by atoms with Crippen LogP contribution in [0.1, 0.15) is 24.5 Å². The quantitative estimate of drug-likeness (QED) is 0.847. The molecule has 4 heteroatoms. The lowest BCUT2D eigenvalue weighted by Crippen LogP contribution is -2.37. The Labute approximate surface area is 102 Å². The molecule has 0 aromatic carbocycles. The number of hydrogen-bond acceptors (Lipinski definition) is 3. The summed E-state index contributed by atoms with van der Waals surface area (Å²) in [4.78, 5) is 18.1. The Morgan fingerprint density at radius 2 is 2.41 bits per heavy atom. The van der Waals surface area contributed by atoms with Crippen LogP contribution in [0.3, 0.4) is 0 Å². The molecule has 1 aliphatic rings. The highest BCUT2D eigenvalue weighted by atomic mass is 16.2. The molecule has 1 aromatic heterocycles. The van der Waals surface area contributed by atoms with Gasteiger partial charge in [-0.25, -0.2) is 0 Å². The second-order valence-corrected chi connectivity index (χ2v) is 4.46. The summed E-state index contributed by atoms with van der Waals surface area (Å²) in [5.74, 6) is 0.225. The molecule has 0 bridgehead atoms. The van der Waals surface area contributed by atoms with Gasteiger partial charge in [0.25, 0.3) is 0 Å². The number of carbonyl (C=O) groups is 1. The first-order valence-corrected chi connectivity index (χ1v) is 6.14. The first-order valence-electron chi connectivity index (χ1n) is 6.14. The summed E-state index contributed by atoms with van der Waals surface area (Å²) >= 11 is 0. The van der Waals surface area contributed by atoms with E-state index in [1.165, 1.54) is 5.56 Å². The molecule has 2 rings (SSSR count). The smallest absolute Gasteiger partial charge is 0.240 e. The molecule has 17 heavy (non-hydrogen) atoms. The molecule has 1 N–H and O–H groups in total.